The van der Waals surface area contributed by atoms with Gasteiger partial charge in [-0.2, -0.15) is 0 Å². The van der Waals surface area contributed by atoms with Gasteiger partial charge in [-0.1, -0.05) is 6.07 Å². The van der Waals surface area contributed by atoms with Crippen LogP contribution in [-0.4, -0.2) is 18.8 Å². The van der Waals surface area contributed by atoms with Crippen molar-refractivity contribution in [3.63, 3.8) is 0 Å². The molecule has 0 bridgehead atoms. The van der Waals surface area contributed by atoms with Gasteiger partial charge in [0.15, 0.2) is 0 Å². The first-order chi connectivity index (χ1) is 7.47. The molecule has 2 N–H and O–H groups in total. The number of rotatable bonds is 5. The lowest BCUT2D eigenvalue weighted by Crippen LogP contribution is -2.20. The monoisotopic (exact) mass is 223 g/mol. The molecule has 0 aromatic heterocycles. The molecule has 1 rings (SSSR count). The standard InChI is InChI=1S/C13H21NO2/c1-13(2,3)16-9-5-8-15-12-7-4-6-11(14)10-12/h4,6-7,10H,5,8-9,14H2,1-3H3. The second-order valence-corrected chi connectivity index (χ2v) is 4.74. The number of ether oxygens (including phenoxy) is 2. The van der Waals surface area contributed by atoms with Crippen LogP contribution in [0.3, 0.4) is 0 Å². The molecule has 1 aromatic carbocycles. The van der Waals surface area contributed by atoms with Crippen molar-refractivity contribution in [3.8, 4) is 5.75 Å². The lowest BCUT2D eigenvalue weighted by atomic mass is 10.2. The highest BCUT2D eigenvalue weighted by atomic mass is 16.5. The van der Waals surface area contributed by atoms with E-state index in [-0.39, 0.29) is 5.60 Å². The first-order valence-electron chi connectivity index (χ1n) is 5.60. The molecule has 3 heteroatoms. The Bertz CT molecular complexity index is 318. The van der Waals surface area contributed by atoms with Crippen molar-refractivity contribution in [2.24, 2.45) is 0 Å². The van der Waals surface area contributed by atoms with Gasteiger partial charge in [-0.15, -0.1) is 0 Å². The van der Waals surface area contributed by atoms with E-state index in [1.807, 2.05) is 45.0 Å². The average Bonchev–Trinajstić information content (AvgIpc) is 2.15. The Balaban J connectivity index is 2.17. The van der Waals surface area contributed by atoms with E-state index in [0.717, 1.165) is 17.9 Å². The number of benzene rings is 1. The molecule has 0 aliphatic heterocycles. The predicted octanol–water partition coefficient (Wildman–Crippen LogP) is 2.85. The van der Waals surface area contributed by atoms with Crippen LogP contribution in [-0.2, 0) is 4.74 Å². The van der Waals surface area contributed by atoms with Crippen LogP contribution in [0, 0.1) is 0 Å². The van der Waals surface area contributed by atoms with Crippen molar-refractivity contribution >= 4 is 5.69 Å². The number of hydrogen-bond donors (Lipinski definition) is 1. The SMILES string of the molecule is CC(C)(C)OCCCOc1cccc(N)c1. The Labute approximate surface area is 97.6 Å². The summed E-state index contributed by atoms with van der Waals surface area (Å²) in [5.41, 5.74) is 6.29. The fourth-order valence-corrected chi connectivity index (χ4v) is 1.23. The molecule has 1 aromatic rings. The van der Waals surface area contributed by atoms with Gasteiger partial charge in [-0.3, -0.25) is 0 Å². The highest BCUT2D eigenvalue weighted by molar-refractivity contribution is 5.43. The summed E-state index contributed by atoms with van der Waals surface area (Å²) in [4.78, 5) is 0. The fraction of sp³-hybridized carbons (Fsp3) is 0.538. The molecule has 0 fully saturated rings. The average molecular weight is 223 g/mol. The quantitative estimate of drug-likeness (QED) is 0.616. The van der Waals surface area contributed by atoms with Crippen molar-refractivity contribution in [3.05, 3.63) is 24.3 Å². The fourth-order valence-electron chi connectivity index (χ4n) is 1.23. The van der Waals surface area contributed by atoms with Crippen LogP contribution in [0.4, 0.5) is 5.69 Å². The highest BCUT2D eigenvalue weighted by Gasteiger charge is 2.08. The van der Waals surface area contributed by atoms with Crippen LogP contribution in [0.25, 0.3) is 0 Å². The summed E-state index contributed by atoms with van der Waals surface area (Å²) in [6.07, 6.45) is 0.881. The third-order valence-corrected chi connectivity index (χ3v) is 1.95. The molecule has 0 saturated heterocycles. The van der Waals surface area contributed by atoms with E-state index in [4.69, 9.17) is 15.2 Å². The van der Waals surface area contributed by atoms with E-state index < -0.39 is 0 Å². The Morgan fingerprint density at radius 2 is 1.94 bits per heavy atom. The first kappa shape index (κ1) is 12.8. The summed E-state index contributed by atoms with van der Waals surface area (Å²) in [6, 6.07) is 7.46. The molecular weight excluding hydrogens is 202 g/mol. The second-order valence-electron chi connectivity index (χ2n) is 4.74. The topological polar surface area (TPSA) is 44.5 Å². The van der Waals surface area contributed by atoms with Gasteiger partial charge < -0.3 is 15.2 Å². The minimum Gasteiger partial charge on any atom is -0.493 e. The van der Waals surface area contributed by atoms with Gasteiger partial charge in [0.05, 0.1) is 18.8 Å². The zero-order valence-corrected chi connectivity index (χ0v) is 10.3. The van der Waals surface area contributed by atoms with Crippen LogP contribution in [0.15, 0.2) is 24.3 Å². The molecule has 16 heavy (non-hydrogen) atoms. The Kier molecular flexibility index (Phi) is 4.62. The van der Waals surface area contributed by atoms with E-state index in [1.54, 1.807) is 0 Å². The second kappa shape index (κ2) is 5.75. The van der Waals surface area contributed by atoms with Gasteiger partial charge in [-0.05, 0) is 32.9 Å². The smallest absolute Gasteiger partial charge is 0.121 e. The van der Waals surface area contributed by atoms with Crippen LogP contribution in [0.2, 0.25) is 0 Å². The number of hydrogen-bond acceptors (Lipinski definition) is 3. The van der Waals surface area contributed by atoms with E-state index in [1.165, 1.54) is 0 Å². The molecule has 0 amide bonds. The zero-order valence-electron chi connectivity index (χ0n) is 10.3. The summed E-state index contributed by atoms with van der Waals surface area (Å²) >= 11 is 0. The van der Waals surface area contributed by atoms with Crippen LogP contribution >= 0.6 is 0 Å². The van der Waals surface area contributed by atoms with Crippen molar-refractivity contribution < 1.29 is 9.47 Å². The third kappa shape index (κ3) is 5.61. The summed E-state index contributed by atoms with van der Waals surface area (Å²) < 4.78 is 11.1. The molecule has 0 radical (unpaired) electrons. The molecule has 0 aliphatic rings. The van der Waals surface area contributed by atoms with Crippen LogP contribution in [0.5, 0.6) is 5.75 Å². The maximum Gasteiger partial charge on any atom is 0.121 e. The van der Waals surface area contributed by atoms with Crippen LogP contribution < -0.4 is 10.5 Å². The predicted molar refractivity (Wildman–Crippen MR) is 66.7 cm³/mol. The van der Waals surface area contributed by atoms with Crippen molar-refractivity contribution in [1.82, 2.24) is 0 Å². The van der Waals surface area contributed by atoms with Crippen molar-refractivity contribution in [2.75, 3.05) is 18.9 Å². The first-order valence-corrected chi connectivity index (χ1v) is 5.60. The summed E-state index contributed by atoms with van der Waals surface area (Å²) in [5, 5.41) is 0. The van der Waals surface area contributed by atoms with E-state index in [9.17, 15) is 0 Å². The highest BCUT2D eigenvalue weighted by Crippen LogP contribution is 2.14. The van der Waals surface area contributed by atoms with Gasteiger partial charge in [0.2, 0.25) is 0 Å². The zero-order chi connectivity index (χ0) is 12.0. The van der Waals surface area contributed by atoms with E-state index >= 15 is 0 Å². The van der Waals surface area contributed by atoms with Crippen LogP contribution in [0.1, 0.15) is 27.2 Å². The van der Waals surface area contributed by atoms with Gasteiger partial charge >= 0.3 is 0 Å². The lowest BCUT2D eigenvalue weighted by molar-refractivity contribution is -0.00768. The molecule has 90 valence electrons. The largest absolute Gasteiger partial charge is 0.493 e. The molecule has 0 saturated carbocycles. The molecule has 0 spiro atoms. The Morgan fingerprint density at radius 3 is 2.56 bits per heavy atom. The van der Waals surface area contributed by atoms with E-state index in [0.29, 0.717) is 13.2 Å². The van der Waals surface area contributed by atoms with E-state index in [2.05, 4.69) is 0 Å². The lowest BCUT2D eigenvalue weighted by Gasteiger charge is -2.19. The van der Waals surface area contributed by atoms with Crippen molar-refractivity contribution in [2.45, 2.75) is 32.8 Å². The molecule has 0 unspecified atom stereocenters. The Morgan fingerprint density at radius 1 is 1.19 bits per heavy atom. The molecule has 0 heterocycles. The number of anilines is 1. The summed E-state index contributed by atoms with van der Waals surface area (Å²) in [7, 11) is 0. The van der Waals surface area contributed by atoms with Gasteiger partial charge in [-0.25, -0.2) is 0 Å². The maximum atomic E-state index is 5.64. The molecule has 0 atom stereocenters. The minimum absolute atomic E-state index is 0.0722. The normalized spacial score (nSPS) is 11.4. The van der Waals surface area contributed by atoms with Gasteiger partial charge in [0, 0.05) is 18.2 Å². The number of nitrogens with two attached hydrogens (primary N) is 1. The maximum absolute atomic E-state index is 5.64. The van der Waals surface area contributed by atoms with Crippen molar-refractivity contribution in [1.29, 1.82) is 0 Å². The minimum atomic E-state index is -0.0722. The molecule has 0 aliphatic carbocycles. The van der Waals surface area contributed by atoms with Gasteiger partial charge in [0.25, 0.3) is 0 Å². The molecular formula is C13H21NO2. The Hall–Kier alpha value is -1.22. The summed E-state index contributed by atoms with van der Waals surface area (Å²) in [5.74, 6) is 0.816. The van der Waals surface area contributed by atoms with Gasteiger partial charge in [0.1, 0.15) is 5.75 Å². The molecule has 3 nitrogen and oxygen atoms in total. The third-order valence-electron chi connectivity index (χ3n) is 1.95. The summed E-state index contributed by atoms with van der Waals surface area (Å²) in [6.45, 7) is 7.51. The number of nitrogen functional groups attached to an aromatic ring is 1.